The molecule has 0 saturated carbocycles. The van der Waals surface area contributed by atoms with Gasteiger partial charge in [0.25, 0.3) is 0 Å². The maximum Gasteiger partial charge on any atom is 0.340 e. The van der Waals surface area contributed by atoms with Crippen LogP contribution in [0.15, 0.2) is 29.8 Å². The molecule has 1 rings (SSSR count). The highest BCUT2D eigenvalue weighted by Gasteiger charge is 2.11. The molecule has 0 bridgehead atoms. The maximum atomic E-state index is 13.5. The van der Waals surface area contributed by atoms with E-state index in [0.717, 1.165) is 0 Å². The predicted octanol–water partition coefficient (Wildman–Crippen LogP) is 2.45. The van der Waals surface area contributed by atoms with Crippen LogP contribution < -0.4 is 5.32 Å². The second kappa shape index (κ2) is 6.37. The van der Waals surface area contributed by atoms with Gasteiger partial charge in [0.05, 0.1) is 12.7 Å². The molecule has 0 aliphatic carbocycles. The molecule has 0 atom stereocenters. The normalized spacial score (nSPS) is 10.1. The lowest BCUT2D eigenvalue weighted by Crippen LogP contribution is -2.15. The third-order valence-corrected chi connectivity index (χ3v) is 2.22. The van der Waals surface area contributed by atoms with Crippen molar-refractivity contribution in [1.29, 1.82) is 0 Å². The van der Waals surface area contributed by atoms with Gasteiger partial charge >= 0.3 is 5.97 Å². The van der Waals surface area contributed by atoms with E-state index in [-0.39, 0.29) is 5.56 Å². The van der Waals surface area contributed by atoms with Gasteiger partial charge in [-0.2, -0.15) is 0 Å². The monoisotopic (exact) mass is 257 g/mol. The molecule has 1 aromatic carbocycles. The van der Waals surface area contributed by atoms with Crippen LogP contribution in [0.2, 0.25) is 0 Å². The number of hydrogen-bond donors (Lipinski definition) is 1. The highest BCUT2D eigenvalue weighted by Crippen LogP contribution is 2.11. The number of halogens is 2. The summed E-state index contributed by atoms with van der Waals surface area (Å²) in [7, 11) is 1.21. The Hall–Kier alpha value is -1.39. The second-order valence-electron chi connectivity index (χ2n) is 3.43. The van der Waals surface area contributed by atoms with Gasteiger partial charge in [-0.3, -0.25) is 0 Å². The number of ether oxygens (including phenoxy) is 1. The molecular formula is C12H13ClFNO2. The molecule has 0 heterocycles. The molecule has 0 aliphatic heterocycles. The molecule has 5 heteroatoms. The van der Waals surface area contributed by atoms with Crippen LogP contribution in [-0.2, 0) is 11.3 Å². The first-order chi connectivity index (χ1) is 8.04. The average molecular weight is 258 g/mol. The lowest BCUT2D eigenvalue weighted by molar-refractivity contribution is 0.0595. The number of carbonyl (C=O) groups excluding carboxylic acids is 1. The third-order valence-electron chi connectivity index (χ3n) is 2.08. The van der Waals surface area contributed by atoms with E-state index in [0.29, 0.717) is 23.7 Å². The van der Waals surface area contributed by atoms with E-state index in [2.05, 4.69) is 16.6 Å². The first-order valence-corrected chi connectivity index (χ1v) is 5.33. The van der Waals surface area contributed by atoms with Gasteiger partial charge in [0.15, 0.2) is 0 Å². The number of carbonyl (C=O) groups is 1. The SMILES string of the molecule is C=C(Cl)CNCc1ccc(C(=O)OC)c(F)c1. The van der Waals surface area contributed by atoms with Gasteiger partial charge in [0.2, 0.25) is 0 Å². The molecule has 92 valence electrons. The molecule has 1 N–H and O–H groups in total. The zero-order valence-electron chi connectivity index (χ0n) is 9.43. The Morgan fingerprint density at radius 1 is 1.59 bits per heavy atom. The van der Waals surface area contributed by atoms with Gasteiger partial charge in [-0.15, -0.1) is 0 Å². The van der Waals surface area contributed by atoms with Crippen LogP contribution in [-0.4, -0.2) is 19.6 Å². The van der Waals surface area contributed by atoms with Crippen molar-refractivity contribution in [1.82, 2.24) is 5.32 Å². The number of nitrogens with one attached hydrogen (secondary N) is 1. The smallest absolute Gasteiger partial charge is 0.340 e. The van der Waals surface area contributed by atoms with Crippen LogP contribution in [0.25, 0.3) is 0 Å². The lowest BCUT2D eigenvalue weighted by Gasteiger charge is -2.06. The molecular weight excluding hydrogens is 245 g/mol. The number of hydrogen-bond acceptors (Lipinski definition) is 3. The van der Waals surface area contributed by atoms with Crippen LogP contribution in [0.5, 0.6) is 0 Å². The lowest BCUT2D eigenvalue weighted by atomic mass is 10.1. The zero-order chi connectivity index (χ0) is 12.8. The van der Waals surface area contributed by atoms with E-state index < -0.39 is 11.8 Å². The summed E-state index contributed by atoms with van der Waals surface area (Å²) in [6.07, 6.45) is 0. The topological polar surface area (TPSA) is 38.3 Å². The van der Waals surface area contributed by atoms with Gasteiger partial charge in [-0.05, 0) is 17.7 Å². The Bertz CT molecular complexity index is 435. The van der Waals surface area contributed by atoms with E-state index in [1.807, 2.05) is 0 Å². The summed E-state index contributed by atoms with van der Waals surface area (Å²) in [5.41, 5.74) is 0.645. The summed E-state index contributed by atoms with van der Waals surface area (Å²) in [5.74, 6) is -1.28. The van der Waals surface area contributed by atoms with E-state index in [4.69, 9.17) is 11.6 Å². The molecule has 0 spiro atoms. The van der Waals surface area contributed by atoms with Crippen molar-refractivity contribution in [3.63, 3.8) is 0 Å². The number of esters is 1. The molecule has 0 unspecified atom stereocenters. The minimum absolute atomic E-state index is 0.0713. The van der Waals surface area contributed by atoms with Crippen LogP contribution in [0.1, 0.15) is 15.9 Å². The largest absolute Gasteiger partial charge is 0.465 e. The van der Waals surface area contributed by atoms with E-state index in [1.54, 1.807) is 6.07 Å². The molecule has 0 radical (unpaired) electrons. The first kappa shape index (κ1) is 13.7. The van der Waals surface area contributed by atoms with Crippen molar-refractivity contribution < 1.29 is 13.9 Å². The molecule has 0 fully saturated rings. The number of benzene rings is 1. The van der Waals surface area contributed by atoms with Crippen molar-refractivity contribution in [2.24, 2.45) is 0 Å². The molecule has 3 nitrogen and oxygen atoms in total. The number of methoxy groups -OCH3 is 1. The van der Waals surface area contributed by atoms with Crippen molar-refractivity contribution >= 4 is 17.6 Å². The summed E-state index contributed by atoms with van der Waals surface area (Å²) < 4.78 is 17.9. The Morgan fingerprint density at radius 3 is 2.82 bits per heavy atom. The molecule has 0 amide bonds. The van der Waals surface area contributed by atoms with Gasteiger partial charge in [-0.25, -0.2) is 9.18 Å². The predicted molar refractivity (Wildman–Crippen MR) is 64.4 cm³/mol. The minimum atomic E-state index is -0.684. The van der Waals surface area contributed by atoms with Gasteiger partial charge in [-0.1, -0.05) is 24.2 Å². The first-order valence-electron chi connectivity index (χ1n) is 4.95. The highest BCUT2D eigenvalue weighted by molar-refractivity contribution is 6.29. The summed E-state index contributed by atoms with van der Waals surface area (Å²) in [6.45, 7) is 4.41. The van der Waals surface area contributed by atoms with Gasteiger partial charge < -0.3 is 10.1 Å². The molecule has 0 saturated heterocycles. The molecule has 1 aromatic rings. The molecule has 0 aliphatic rings. The van der Waals surface area contributed by atoms with Crippen LogP contribution in [0.3, 0.4) is 0 Å². The van der Waals surface area contributed by atoms with Crippen molar-refractivity contribution in [3.05, 3.63) is 46.8 Å². The highest BCUT2D eigenvalue weighted by atomic mass is 35.5. The summed E-state index contributed by atoms with van der Waals surface area (Å²) in [5, 5.41) is 3.46. The van der Waals surface area contributed by atoms with Crippen LogP contribution in [0, 0.1) is 5.82 Å². The quantitative estimate of drug-likeness (QED) is 0.824. The summed E-state index contributed by atoms with van der Waals surface area (Å²) in [4.78, 5) is 11.1. The molecule has 17 heavy (non-hydrogen) atoms. The fraction of sp³-hybridized carbons (Fsp3) is 0.250. The Morgan fingerprint density at radius 2 is 2.29 bits per heavy atom. The van der Waals surface area contributed by atoms with Gasteiger partial charge in [0, 0.05) is 18.1 Å². The van der Waals surface area contributed by atoms with E-state index in [9.17, 15) is 9.18 Å². The summed E-state index contributed by atoms with van der Waals surface area (Å²) >= 11 is 5.57. The van der Waals surface area contributed by atoms with Crippen molar-refractivity contribution in [2.45, 2.75) is 6.54 Å². The van der Waals surface area contributed by atoms with E-state index >= 15 is 0 Å². The Kier molecular flexibility index (Phi) is 5.12. The minimum Gasteiger partial charge on any atom is -0.465 e. The van der Waals surface area contributed by atoms with Gasteiger partial charge in [0.1, 0.15) is 5.82 Å². The fourth-order valence-corrected chi connectivity index (χ4v) is 1.38. The second-order valence-corrected chi connectivity index (χ2v) is 3.96. The fourth-order valence-electron chi connectivity index (χ4n) is 1.29. The molecule has 0 aromatic heterocycles. The third kappa shape index (κ3) is 4.17. The Labute approximate surface area is 104 Å². The summed E-state index contributed by atoms with van der Waals surface area (Å²) in [6, 6.07) is 4.34. The standard InChI is InChI=1S/C12H13ClFNO2/c1-8(13)6-15-7-9-3-4-10(11(14)5-9)12(16)17-2/h3-5,15H,1,6-7H2,2H3. The van der Waals surface area contributed by atoms with Crippen molar-refractivity contribution in [2.75, 3.05) is 13.7 Å². The maximum absolute atomic E-state index is 13.5. The number of rotatable bonds is 5. The average Bonchev–Trinajstić information content (AvgIpc) is 2.28. The van der Waals surface area contributed by atoms with E-state index in [1.165, 1.54) is 19.2 Å². The zero-order valence-corrected chi connectivity index (χ0v) is 10.2. The van der Waals surface area contributed by atoms with Crippen molar-refractivity contribution in [3.8, 4) is 0 Å². The van der Waals surface area contributed by atoms with Crippen LogP contribution >= 0.6 is 11.6 Å². The van der Waals surface area contributed by atoms with Crippen LogP contribution in [0.4, 0.5) is 4.39 Å². The Balaban J connectivity index is 2.68.